The minimum atomic E-state index is -0.337. The summed E-state index contributed by atoms with van der Waals surface area (Å²) in [5, 5.41) is 9.87. The summed E-state index contributed by atoms with van der Waals surface area (Å²) in [5.74, 6) is 1.07. The first kappa shape index (κ1) is 11.9. The van der Waals surface area contributed by atoms with E-state index >= 15 is 0 Å². The summed E-state index contributed by atoms with van der Waals surface area (Å²) < 4.78 is 5.15. The van der Waals surface area contributed by atoms with E-state index in [0.29, 0.717) is 12.2 Å². The Balaban J connectivity index is 3.11. The van der Waals surface area contributed by atoms with E-state index in [1.54, 1.807) is 7.11 Å². The van der Waals surface area contributed by atoms with Gasteiger partial charge in [0, 0.05) is 5.54 Å². The fraction of sp³-hybridized carbons (Fsp3) is 0.500. The molecule has 0 heterocycles. The Kier molecular flexibility index (Phi) is 3.25. The molecular weight excluding hydrogens is 190 g/mol. The van der Waals surface area contributed by atoms with E-state index in [1.165, 1.54) is 0 Å². The molecule has 0 aliphatic heterocycles. The second kappa shape index (κ2) is 4.11. The molecule has 84 valence electrons. The Morgan fingerprint density at radius 3 is 2.47 bits per heavy atom. The van der Waals surface area contributed by atoms with E-state index in [0.717, 1.165) is 16.9 Å². The largest absolute Gasteiger partial charge is 0.507 e. The average molecular weight is 209 g/mol. The SMILES string of the molecule is COc1cc(C)c(O)c(CC(C)(C)N)c1. The van der Waals surface area contributed by atoms with Crippen molar-refractivity contribution in [2.24, 2.45) is 5.73 Å². The van der Waals surface area contributed by atoms with Crippen LogP contribution in [0.5, 0.6) is 11.5 Å². The summed E-state index contributed by atoms with van der Waals surface area (Å²) >= 11 is 0. The molecule has 0 fully saturated rings. The number of phenols is 1. The van der Waals surface area contributed by atoms with Gasteiger partial charge in [-0.2, -0.15) is 0 Å². The van der Waals surface area contributed by atoms with Crippen LogP contribution in [0.15, 0.2) is 12.1 Å². The normalized spacial score (nSPS) is 11.5. The van der Waals surface area contributed by atoms with Gasteiger partial charge in [0.25, 0.3) is 0 Å². The van der Waals surface area contributed by atoms with Crippen LogP contribution >= 0.6 is 0 Å². The number of hydrogen-bond acceptors (Lipinski definition) is 3. The molecule has 0 saturated carbocycles. The zero-order valence-electron chi connectivity index (χ0n) is 9.79. The first-order valence-corrected chi connectivity index (χ1v) is 4.99. The molecule has 3 nitrogen and oxygen atoms in total. The minimum Gasteiger partial charge on any atom is -0.507 e. The van der Waals surface area contributed by atoms with Crippen LogP contribution in [0.1, 0.15) is 25.0 Å². The van der Waals surface area contributed by atoms with Crippen molar-refractivity contribution in [3.8, 4) is 11.5 Å². The molecule has 0 bridgehead atoms. The van der Waals surface area contributed by atoms with Crippen LogP contribution in [0.4, 0.5) is 0 Å². The first-order valence-electron chi connectivity index (χ1n) is 4.99. The number of nitrogens with two attached hydrogens (primary N) is 1. The Morgan fingerprint density at radius 1 is 1.40 bits per heavy atom. The lowest BCUT2D eigenvalue weighted by Gasteiger charge is -2.20. The van der Waals surface area contributed by atoms with Gasteiger partial charge in [-0.15, -0.1) is 0 Å². The lowest BCUT2D eigenvalue weighted by atomic mass is 9.94. The highest BCUT2D eigenvalue weighted by molar-refractivity contribution is 5.46. The third-order valence-electron chi connectivity index (χ3n) is 2.23. The summed E-state index contributed by atoms with van der Waals surface area (Å²) in [7, 11) is 1.61. The minimum absolute atomic E-state index is 0.314. The quantitative estimate of drug-likeness (QED) is 0.800. The van der Waals surface area contributed by atoms with Gasteiger partial charge in [0.05, 0.1) is 7.11 Å². The number of benzene rings is 1. The second-order valence-electron chi connectivity index (χ2n) is 4.62. The van der Waals surface area contributed by atoms with Gasteiger partial charge in [0.2, 0.25) is 0 Å². The maximum absolute atomic E-state index is 9.87. The van der Waals surface area contributed by atoms with Crippen LogP contribution in [-0.2, 0) is 6.42 Å². The molecule has 0 unspecified atom stereocenters. The van der Waals surface area contributed by atoms with Gasteiger partial charge >= 0.3 is 0 Å². The Morgan fingerprint density at radius 2 is 2.00 bits per heavy atom. The molecule has 0 spiro atoms. The highest BCUT2D eigenvalue weighted by Gasteiger charge is 2.16. The van der Waals surface area contributed by atoms with Crippen molar-refractivity contribution in [1.29, 1.82) is 0 Å². The predicted molar refractivity (Wildman–Crippen MR) is 61.4 cm³/mol. The molecule has 1 aromatic rings. The van der Waals surface area contributed by atoms with Gasteiger partial charge in [-0.3, -0.25) is 0 Å². The highest BCUT2D eigenvalue weighted by Crippen LogP contribution is 2.29. The van der Waals surface area contributed by atoms with Gasteiger partial charge in [-0.25, -0.2) is 0 Å². The number of methoxy groups -OCH3 is 1. The summed E-state index contributed by atoms with van der Waals surface area (Å²) in [6, 6.07) is 3.64. The number of ether oxygens (including phenoxy) is 1. The van der Waals surface area contributed by atoms with Gasteiger partial charge < -0.3 is 15.6 Å². The van der Waals surface area contributed by atoms with Crippen molar-refractivity contribution in [3.63, 3.8) is 0 Å². The maximum Gasteiger partial charge on any atom is 0.122 e. The Labute approximate surface area is 90.9 Å². The smallest absolute Gasteiger partial charge is 0.122 e. The van der Waals surface area contributed by atoms with Gasteiger partial charge in [-0.1, -0.05) is 0 Å². The monoisotopic (exact) mass is 209 g/mol. The molecule has 15 heavy (non-hydrogen) atoms. The number of rotatable bonds is 3. The molecule has 0 saturated heterocycles. The molecule has 0 radical (unpaired) electrons. The number of aromatic hydroxyl groups is 1. The van der Waals surface area contributed by atoms with Crippen molar-refractivity contribution < 1.29 is 9.84 Å². The molecule has 3 heteroatoms. The molecule has 0 aliphatic carbocycles. The maximum atomic E-state index is 9.87. The average Bonchev–Trinajstić information content (AvgIpc) is 2.10. The fourth-order valence-corrected chi connectivity index (χ4v) is 1.56. The zero-order chi connectivity index (χ0) is 11.6. The lowest BCUT2D eigenvalue weighted by molar-refractivity contribution is 0.406. The first-order chi connectivity index (χ1) is 6.83. The number of hydrogen-bond donors (Lipinski definition) is 2. The van der Waals surface area contributed by atoms with Crippen LogP contribution < -0.4 is 10.5 Å². The molecule has 1 aromatic carbocycles. The summed E-state index contributed by atoms with van der Waals surface area (Å²) in [5.41, 5.74) is 7.24. The topological polar surface area (TPSA) is 55.5 Å². The van der Waals surface area contributed by atoms with Crippen molar-refractivity contribution in [1.82, 2.24) is 0 Å². The molecular formula is C12H19NO2. The van der Waals surface area contributed by atoms with Crippen LogP contribution in [0.3, 0.4) is 0 Å². The summed E-state index contributed by atoms with van der Waals surface area (Å²) in [4.78, 5) is 0. The van der Waals surface area contributed by atoms with Crippen molar-refractivity contribution in [3.05, 3.63) is 23.3 Å². The van der Waals surface area contributed by atoms with Crippen molar-refractivity contribution in [2.75, 3.05) is 7.11 Å². The molecule has 0 amide bonds. The van der Waals surface area contributed by atoms with E-state index in [9.17, 15) is 5.11 Å². The molecule has 0 aromatic heterocycles. The standard InChI is InChI=1S/C12H19NO2/c1-8-5-10(15-4)6-9(11(8)14)7-12(2,3)13/h5-6,14H,7,13H2,1-4H3. The van der Waals surface area contributed by atoms with Crippen molar-refractivity contribution in [2.45, 2.75) is 32.7 Å². The molecule has 0 atom stereocenters. The predicted octanol–water partition coefficient (Wildman–Crippen LogP) is 1.99. The van der Waals surface area contributed by atoms with E-state index in [-0.39, 0.29) is 5.54 Å². The molecule has 1 rings (SSSR count). The van der Waals surface area contributed by atoms with Crippen LogP contribution in [0.25, 0.3) is 0 Å². The third-order valence-corrected chi connectivity index (χ3v) is 2.23. The number of aryl methyl sites for hydroxylation is 1. The van der Waals surface area contributed by atoms with Crippen LogP contribution in [0.2, 0.25) is 0 Å². The van der Waals surface area contributed by atoms with Gasteiger partial charge in [0.15, 0.2) is 0 Å². The Bertz CT molecular complexity index is 353. The molecule has 3 N–H and O–H groups in total. The fourth-order valence-electron chi connectivity index (χ4n) is 1.56. The van der Waals surface area contributed by atoms with E-state index in [4.69, 9.17) is 10.5 Å². The summed E-state index contributed by atoms with van der Waals surface area (Å²) in [6.45, 7) is 5.72. The van der Waals surface area contributed by atoms with Crippen LogP contribution in [0, 0.1) is 6.92 Å². The molecule has 0 aliphatic rings. The van der Waals surface area contributed by atoms with E-state index in [2.05, 4.69) is 0 Å². The van der Waals surface area contributed by atoms with Crippen LogP contribution in [-0.4, -0.2) is 17.8 Å². The van der Waals surface area contributed by atoms with E-state index in [1.807, 2.05) is 32.9 Å². The number of phenolic OH excluding ortho intramolecular Hbond substituents is 1. The summed E-state index contributed by atoms with van der Waals surface area (Å²) in [6.07, 6.45) is 0.622. The Hall–Kier alpha value is -1.22. The lowest BCUT2D eigenvalue weighted by Crippen LogP contribution is -2.34. The highest BCUT2D eigenvalue weighted by atomic mass is 16.5. The van der Waals surface area contributed by atoms with E-state index < -0.39 is 0 Å². The third kappa shape index (κ3) is 3.13. The van der Waals surface area contributed by atoms with Gasteiger partial charge in [-0.05, 0) is 50.5 Å². The zero-order valence-corrected chi connectivity index (χ0v) is 9.79. The van der Waals surface area contributed by atoms with Gasteiger partial charge in [0.1, 0.15) is 11.5 Å². The second-order valence-corrected chi connectivity index (χ2v) is 4.62. The van der Waals surface area contributed by atoms with Crippen molar-refractivity contribution >= 4 is 0 Å².